The average Bonchev–Trinajstić information content (AvgIpc) is 3.29. The van der Waals surface area contributed by atoms with Crippen molar-refractivity contribution >= 4 is 17.7 Å². The Morgan fingerprint density at radius 2 is 1.93 bits per heavy atom. The molecular formula is C20H25N3O3S. The van der Waals surface area contributed by atoms with Crippen LogP contribution in [-0.2, 0) is 9.53 Å². The second-order valence-corrected chi connectivity index (χ2v) is 8.47. The Labute approximate surface area is 163 Å². The van der Waals surface area contributed by atoms with Crippen LogP contribution in [0.3, 0.4) is 0 Å². The maximum atomic E-state index is 12.0. The van der Waals surface area contributed by atoms with Gasteiger partial charge in [0.25, 0.3) is 0 Å². The number of nitrogens with zero attached hydrogens (tertiary/aromatic N) is 3. The Morgan fingerprint density at radius 1 is 1.15 bits per heavy atom. The zero-order valence-corrected chi connectivity index (χ0v) is 16.6. The van der Waals surface area contributed by atoms with E-state index in [1.54, 1.807) is 7.11 Å². The number of rotatable bonds is 5. The van der Waals surface area contributed by atoms with Crippen LogP contribution in [0, 0.1) is 5.92 Å². The second kappa shape index (κ2) is 7.92. The SMILES string of the molecule is COc1ccc(-c2nnc(S[C@@H]3CCOC3=O)n2[C@H]2CCCC[C@@H]2C)cc1. The molecule has 1 saturated carbocycles. The van der Waals surface area contributed by atoms with Crippen molar-refractivity contribution in [3.8, 4) is 17.1 Å². The predicted molar refractivity (Wildman–Crippen MR) is 104 cm³/mol. The normalized spacial score (nSPS) is 25.4. The molecule has 0 radical (unpaired) electrons. The van der Waals surface area contributed by atoms with Gasteiger partial charge in [0.15, 0.2) is 11.0 Å². The highest BCUT2D eigenvalue weighted by Gasteiger charge is 2.33. The highest BCUT2D eigenvalue weighted by atomic mass is 32.2. The molecule has 0 unspecified atom stereocenters. The smallest absolute Gasteiger partial charge is 0.319 e. The third kappa shape index (κ3) is 3.70. The van der Waals surface area contributed by atoms with Crippen molar-refractivity contribution in [2.75, 3.05) is 13.7 Å². The highest BCUT2D eigenvalue weighted by molar-refractivity contribution is 8.00. The number of thioether (sulfide) groups is 1. The van der Waals surface area contributed by atoms with Gasteiger partial charge in [-0.25, -0.2) is 0 Å². The van der Waals surface area contributed by atoms with Gasteiger partial charge in [0.1, 0.15) is 11.0 Å². The second-order valence-electron chi connectivity index (χ2n) is 7.30. The van der Waals surface area contributed by atoms with Crippen LogP contribution in [0.1, 0.15) is 45.1 Å². The number of hydrogen-bond donors (Lipinski definition) is 0. The Bertz CT molecular complexity index is 805. The van der Waals surface area contributed by atoms with E-state index in [9.17, 15) is 4.79 Å². The fourth-order valence-corrected chi connectivity index (χ4v) is 5.04. The summed E-state index contributed by atoms with van der Waals surface area (Å²) < 4.78 is 12.7. The third-order valence-electron chi connectivity index (χ3n) is 5.55. The lowest BCUT2D eigenvalue weighted by molar-refractivity contribution is -0.137. The molecule has 1 aromatic carbocycles. The Kier molecular flexibility index (Phi) is 5.38. The molecule has 0 N–H and O–H groups in total. The minimum absolute atomic E-state index is 0.141. The summed E-state index contributed by atoms with van der Waals surface area (Å²) >= 11 is 1.49. The first kappa shape index (κ1) is 18.3. The summed E-state index contributed by atoms with van der Waals surface area (Å²) in [6, 6.07) is 8.28. The lowest BCUT2D eigenvalue weighted by Crippen LogP contribution is -2.23. The molecule has 0 amide bonds. The summed E-state index contributed by atoms with van der Waals surface area (Å²) in [6.45, 7) is 2.80. The number of cyclic esters (lactones) is 1. The maximum Gasteiger partial charge on any atom is 0.319 e. The summed E-state index contributed by atoms with van der Waals surface area (Å²) in [5, 5.41) is 9.64. The average molecular weight is 388 g/mol. The van der Waals surface area contributed by atoms with Gasteiger partial charge >= 0.3 is 5.97 Å². The first-order chi connectivity index (χ1) is 13.2. The van der Waals surface area contributed by atoms with Gasteiger partial charge < -0.3 is 9.47 Å². The molecule has 2 fully saturated rings. The highest BCUT2D eigenvalue weighted by Crippen LogP contribution is 2.40. The van der Waals surface area contributed by atoms with Crippen LogP contribution in [0.5, 0.6) is 5.75 Å². The fraction of sp³-hybridized carbons (Fsp3) is 0.550. The maximum absolute atomic E-state index is 12.0. The molecule has 2 heterocycles. The molecule has 2 aromatic rings. The summed E-state index contributed by atoms with van der Waals surface area (Å²) in [5.41, 5.74) is 1.02. The number of aromatic nitrogens is 3. The number of ether oxygens (including phenoxy) is 2. The zero-order valence-electron chi connectivity index (χ0n) is 15.8. The van der Waals surface area contributed by atoms with Crippen molar-refractivity contribution in [1.82, 2.24) is 14.8 Å². The zero-order chi connectivity index (χ0) is 18.8. The summed E-state index contributed by atoms with van der Waals surface area (Å²) in [4.78, 5) is 12.0. The van der Waals surface area contributed by atoms with E-state index in [1.165, 1.54) is 31.0 Å². The van der Waals surface area contributed by atoms with Gasteiger partial charge in [-0.1, -0.05) is 31.5 Å². The van der Waals surface area contributed by atoms with Gasteiger partial charge in [-0.05, 0) is 43.0 Å². The van der Waals surface area contributed by atoms with E-state index in [0.717, 1.165) is 35.1 Å². The summed E-state index contributed by atoms with van der Waals surface area (Å²) in [7, 11) is 1.66. The van der Waals surface area contributed by atoms with Gasteiger partial charge in [0.05, 0.1) is 13.7 Å². The standard InChI is InChI=1S/C20H25N3O3S/c1-13-5-3-4-6-16(13)23-18(14-7-9-15(25-2)10-8-14)21-22-20(23)27-17-11-12-26-19(17)24/h7-10,13,16-17H,3-6,11-12H2,1-2H3/t13-,16-,17+/m0/s1. The lowest BCUT2D eigenvalue weighted by Gasteiger charge is -2.31. The van der Waals surface area contributed by atoms with Crippen LogP contribution in [0.4, 0.5) is 0 Å². The summed E-state index contributed by atoms with van der Waals surface area (Å²) in [6.07, 6.45) is 5.54. The van der Waals surface area contributed by atoms with E-state index in [4.69, 9.17) is 9.47 Å². The molecular weight excluding hydrogens is 362 g/mol. The molecule has 2 aliphatic rings. The Hall–Kier alpha value is -2.02. The number of carbonyl (C=O) groups excluding carboxylic acids is 1. The van der Waals surface area contributed by atoms with Crippen molar-refractivity contribution in [3.63, 3.8) is 0 Å². The van der Waals surface area contributed by atoms with Crippen molar-refractivity contribution in [1.29, 1.82) is 0 Å². The largest absolute Gasteiger partial charge is 0.497 e. The molecule has 1 aliphatic heterocycles. The van der Waals surface area contributed by atoms with E-state index in [0.29, 0.717) is 18.6 Å². The lowest BCUT2D eigenvalue weighted by atomic mass is 9.85. The van der Waals surface area contributed by atoms with Crippen molar-refractivity contribution < 1.29 is 14.3 Å². The third-order valence-corrected chi connectivity index (χ3v) is 6.75. The first-order valence-corrected chi connectivity index (χ1v) is 10.5. The molecule has 1 aromatic heterocycles. The fourth-order valence-electron chi connectivity index (χ4n) is 3.99. The van der Waals surface area contributed by atoms with Gasteiger partial charge in [-0.15, -0.1) is 10.2 Å². The molecule has 7 heteroatoms. The van der Waals surface area contributed by atoms with Crippen molar-refractivity contribution in [3.05, 3.63) is 24.3 Å². The van der Waals surface area contributed by atoms with Crippen molar-refractivity contribution in [2.24, 2.45) is 5.92 Å². The number of esters is 1. The topological polar surface area (TPSA) is 66.2 Å². The molecule has 3 atom stereocenters. The van der Waals surface area contributed by atoms with E-state index in [2.05, 4.69) is 21.7 Å². The van der Waals surface area contributed by atoms with Crippen LogP contribution in [-0.4, -0.2) is 39.7 Å². The van der Waals surface area contributed by atoms with E-state index in [1.807, 2.05) is 24.3 Å². The number of benzene rings is 1. The molecule has 6 nitrogen and oxygen atoms in total. The minimum Gasteiger partial charge on any atom is -0.497 e. The Balaban J connectivity index is 1.72. The molecule has 1 saturated heterocycles. The van der Waals surface area contributed by atoms with Gasteiger partial charge in [-0.2, -0.15) is 0 Å². The first-order valence-electron chi connectivity index (χ1n) is 9.60. The van der Waals surface area contributed by atoms with Crippen LogP contribution in [0.25, 0.3) is 11.4 Å². The molecule has 27 heavy (non-hydrogen) atoms. The molecule has 0 spiro atoms. The van der Waals surface area contributed by atoms with Gasteiger partial charge in [-0.3, -0.25) is 9.36 Å². The van der Waals surface area contributed by atoms with Gasteiger partial charge in [0.2, 0.25) is 0 Å². The molecule has 0 bridgehead atoms. The van der Waals surface area contributed by atoms with Crippen molar-refractivity contribution in [2.45, 2.75) is 55.5 Å². The predicted octanol–water partition coefficient (Wildman–Crippen LogP) is 4.11. The Morgan fingerprint density at radius 3 is 2.59 bits per heavy atom. The quantitative estimate of drug-likeness (QED) is 0.719. The summed E-state index contributed by atoms with van der Waals surface area (Å²) in [5.74, 6) is 2.10. The monoisotopic (exact) mass is 387 g/mol. The van der Waals surface area contributed by atoms with Crippen LogP contribution >= 0.6 is 11.8 Å². The number of hydrogen-bond acceptors (Lipinski definition) is 6. The number of carbonyl (C=O) groups is 1. The number of methoxy groups -OCH3 is 1. The minimum atomic E-state index is -0.185. The van der Waals surface area contributed by atoms with E-state index in [-0.39, 0.29) is 11.2 Å². The van der Waals surface area contributed by atoms with Crippen LogP contribution in [0.15, 0.2) is 29.4 Å². The van der Waals surface area contributed by atoms with Crippen LogP contribution < -0.4 is 4.74 Å². The van der Waals surface area contributed by atoms with Gasteiger partial charge in [0, 0.05) is 18.0 Å². The van der Waals surface area contributed by atoms with Crippen LogP contribution in [0.2, 0.25) is 0 Å². The van der Waals surface area contributed by atoms with E-state index >= 15 is 0 Å². The van der Waals surface area contributed by atoms with E-state index < -0.39 is 0 Å². The molecule has 1 aliphatic carbocycles. The molecule has 4 rings (SSSR count). The molecule has 144 valence electrons.